The lowest BCUT2D eigenvalue weighted by Gasteiger charge is -2.34. The van der Waals surface area contributed by atoms with Crippen LogP contribution in [0.1, 0.15) is 58.4 Å². The van der Waals surface area contributed by atoms with Gasteiger partial charge in [0, 0.05) is 18.5 Å². The van der Waals surface area contributed by atoms with E-state index in [1.54, 1.807) is 30.8 Å². The smallest absolute Gasteiger partial charge is 0.261 e. The van der Waals surface area contributed by atoms with Crippen molar-refractivity contribution in [1.29, 1.82) is 0 Å². The summed E-state index contributed by atoms with van der Waals surface area (Å²) >= 11 is 1.63. The number of nitrogens with zero attached hydrogens (tertiary/aromatic N) is 2. The van der Waals surface area contributed by atoms with E-state index in [0.29, 0.717) is 23.0 Å². The van der Waals surface area contributed by atoms with Crippen molar-refractivity contribution in [2.75, 3.05) is 5.32 Å². The van der Waals surface area contributed by atoms with Crippen LogP contribution in [0.25, 0.3) is 0 Å². The second-order valence-electron chi connectivity index (χ2n) is 9.62. The van der Waals surface area contributed by atoms with Crippen molar-refractivity contribution in [3.8, 4) is 0 Å². The Balaban J connectivity index is 1.38. The van der Waals surface area contributed by atoms with Crippen molar-refractivity contribution in [3.05, 3.63) is 40.1 Å². The molecule has 4 rings (SSSR count). The van der Waals surface area contributed by atoms with Crippen LogP contribution in [0.5, 0.6) is 0 Å². The summed E-state index contributed by atoms with van der Waals surface area (Å²) in [4.78, 5) is 35.1. The molecule has 2 heterocycles. The first kappa shape index (κ1) is 21.9. The number of aryl methyl sites for hydroxylation is 1. The summed E-state index contributed by atoms with van der Waals surface area (Å²) in [5, 5.41) is 3.50. The first-order valence-corrected chi connectivity index (χ1v) is 11.6. The first-order chi connectivity index (χ1) is 14.6. The van der Waals surface area contributed by atoms with Gasteiger partial charge in [-0.2, -0.15) is 4.99 Å². The van der Waals surface area contributed by atoms with E-state index in [9.17, 15) is 14.0 Å². The van der Waals surface area contributed by atoms with E-state index in [2.05, 4.69) is 36.1 Å². The van der Waals surface area contributed by atoms with Gasteiger partial charge in [-0.3, -0.25) is 9.59 Å². The first-order valence-electron chi connectivity index (χ1n) is 10.8. The molecule has 1 aliphatic carbocycles. The number of amides is 2. The second kappa shape index (κ2) is 8.34. The molecular formula is C24H28FN3O2S. The van der Waals surface area contributed by atoms with Crippen LogP contribution in [-0.4, -0.2) is 22.7 Å². The normalized spacial score (nSPS) is 23.2. The second-order valence-corrected chi connectivity index (χ2v) is 10.7. The average Bonchev–Trinajstić information content (AvgIpc) is 3.06. The SMILES string of the molecule is Cc1ccc(NC(=O)CCC2=NC(=O)C3C(=N2)SC2=C3CCC(C(C)(C)C)C2)cc1F. The highest BCUT2D eigenvalue weighted by atomic mass is 32.2. The van der Waals surface area contributed by atoms with Crippen LogP contribution in [0.3, 0.4) is 0 Å². The largest absolute Gasteiger partial charge is 0.326 e. The van der Waals surface area contributed by atoms with Gasteiger partial charge in [0.25, 0.3) is 5.91 Å². The highest BCUT2D eigenvalue weighted by Gasteiger charge is 2.43. The number of hydrogen-bond acceptors (Lipinski definition) is 4. The van der Waals surface area contributed by atoms with Gasteiger partial charge in [0.2, 0.25) is 5.91 Å². The molecule has 2 atom stereocenters. The maximum atomic E-state index is 13.7. The maximum absolute atomic E-state index is 13.7. The molecule has 0 saturated carbocycles. The number of benzene rings is 1. The van der Waals surface area contributed by atoms with Crippen LogP contribution in [0, 0.1) is 30.0 Å². The molecule has 0 fully saturated rings. The molecule has 0 bridgehead atoms. The fraction of sp³-hybridized carbons (Fsp3) is 0.500. The van der Waals surface area contributed by atoms with Gasteiger partial charge >= 0.3 is 0 Å². The Morgan fingerprint density at radius 3 is 2.77 bits per heavy atom. The number of fused-ring (bicyclic) bond motifs is 2. The summed E-state index contributed by atoms with van der Waals surface area (Å²) in [5.41, 5.74) is 2.39. The standard InChI is InChI=1S/C24H28FN3O2S/c1-13-5-7-15(12-17(13)25)26-20(29)10-9-19-27-22(30)21-16-8-6-14(24(2,3)4)11-18(16)31-23(21)28-19/h5,7,12,14,21H,6,8-11H2,1-4H3,(H,26,29). The molecule has 0 aromatic heterocycles. The molecule has 1 N–H and O–H groups in total. The van der Waals surface area contributed by atoms with Gasteiger partial charge in [0.15, 0.2) is 0 Å². The molecule has 5 nitrogen and oxygen atoms in total. The molecule has 0 radical (unpaired) electrons. The van der Waals surface area contributed by atoms with Crippen molar-refractivity contribution < 1.29 is 14.0 Å². The van der Waals surface area contributed by atoms with E-state index in [0.717, 1.165) is 24.3 Å². The van der Waals surface area contributed by atoms with Crippen molar-refractivity contribution in [3.63, 3.8) is 0 Å². The molecule has 1 aromatic rings. The molecule has 164 valence electrons. The number of carbonyl (C=O) groups excluding carboxylic acids is 2. The Labute approximate surface area is 186 Å². The summed E-state index contributed by atoms with van der Waals surface area (Å²) in [5.74, 6) is -0.0839. The number of halogens is 1. The molecular weight excluding hydrogens is 413 g/mol. The number of rotatable bonds is 4. The lowest BCUT2D eigenvalue weighted by Crippen LogP contribution is -2.28. The molecule has 2 aliphatic heterocycles. The molecule has 3 aliphatic rings. The summed E-state index contributed by atoms with van der Waals surface area (Å²) < 4.78 is 13.7. The van der Waals surface area contributed by atoms with Gasteiger partial charge in [-0.05, 0) is 65.7 Å². The Morgan fingerprint density at radius 1 is 1.29 bits per heavy atom. The van der Waals surface area contributed by atoms with E-state index in [1.165, 1.54) is 16.5 Å². The zero-order chi connectivity index (χ0) is 22.3. The minimum absolute atomic E-state index is 0.132. The minimum Gasteiger partial charge on any atom is -0.326 e. The van der Waals surface area contributed by atoms with Crippen LogP contribution in [-0.2, 0) is 9.59 Å². The van der Waals surface area contributed by atoms with Gasteiger partial charge in [-0.15, -0.1) is 0 Å². The number of thioether (sulfide) groups is 1. The molecule has 2 unspecified atom stereocenters. The van der Waals surface area contributed by atoms with Crippen molar-refractivity contribution in [1.82, 2.24) is 0 Å². The van der Waals surface area contributed by atoms with Gasteiger partial charge in [0.1, 0.15) is 17.6 Å². The molecule has 0 spiro atoms. The summed E-state index contributed by atoms with van der Waals surface area (Å²) in [6, 6.07) is 4.59. The third-order valence-electron chi connectivity index (χ3n) is 6.36. The zero-order valence-electron chi connectivity index (χ0n) is 18.4. The highest BCUT2D eigenvalue weighted by Crippen LogP contribution is 2.52. The van der Waals surface area contributed by atoms with Crippen LogP contribution in [0.4, 0.5) is 10.1 Å². The number of carbonyl (C=O) groups is 2. The third-order valence-corrected chi connectivity index (χ3v) is 7.57. The summed E-state index contributed by atoms with van der Waals surface area (Å²) in [6.07, 6.45) is 3.43. The van der Waals surface area contributed by atoms with Gasteiger partial charge in [0.05, 0.1) is 5.04 Å². The Hall–Kier alpha value is -2.28. The van der Waals surface area contributed by atoms with Crippen LogP contribution >= 0.6 is 11.8 Å². The van der Waals surface area contributed by atoms with Crippen LogP contribution in [0.2, 0.25) is 0 Å². The van der Waals surface area contributed by atoms with Crippen molar-refractivity contribution >= 4 is 40.1 Å². The van der Waals surface area contributed by atoms with Crippen molar-refractivity contribution in [2.24, 2.45) is 27.2 Å². The Kier molecular flexibility index (Phi) is 5.90. The number of anilines is 1. The fourth-order valence-corrected chi connectivity index (χ4v) is 5.73. The van der Waals surface area contributed by atoms with E-state index in [4.69, 9.17) is 0 Å². The van der Waals surface area contributed by atoms with E-state index in [1.807, 2.05) is 0 Å². The van der Waals surface area contributed by atoms with Gasteiger partial charge in [-0.25, -0.2) is 9.38 Å². The van der Waals surface area contributed by atoms with E-state index in [-0.39, 0.29) is 41.8 Å². The van der Waals surface area contributed by atoms with Gasteiger partial charge in [-0.1, -0.05) is 38.6 Å². The molecule has 31 heavy (non-hydrogen) atoms. The van der Waals surface area contributed by atoms with Gasteiger partial charge < -0.3 is 5.32 Å². The summed E-state index contributed by atoms with van der Waals surface area (Å²) in [7, 11) is 0. The topological polar surface area (TPSA) is 70.9 Å². The van der Waals surface area contributed by atoms with Crippen LogP contribution in [0.15, 0.2) is 38.7 Å². The van der Waals surface area contributed by atoms with Crippen molar-refractivity contribution in [2.45, 2.75) is 59.8 Å². The number of hydrogen-bond donors (Lipinski definition) is 1. The number of amidine groups is 1. The zero-order valence-corrected chi connectivity index (χ0v) is 19.2. The molecule has 7 heteroatoms. The quantitative estimate of drug-likeness (QED) is 0.656. The lowest BCUT2D eigenvalue weighted by molar-refractivity contribution is -0.119. The molecule has 2 amide bonds. The number of nitrogens with one attached hydrogen (secondary N) is 1. The molecule has 1 aromatic carbocycles. The highest BCUT2D eigenvalue weighted by molar-refractivity contribution is 8.17. The monoisotopic (exact) mass is 441 g/mol. The fourth-order valence-electron chi connectivity index (χ4n) is 4.33. The predicted molar refractivity (Wildman–Crippen MR) is 124 cm³/mol. The third kappa shape index (κ3) is 4.66. The minimum atomic E-state index is -0.360. The summed E-state index contributed by atoms with van der Waals surface area (Å²) in [6.45, 7) is 8.49. The number of aliphatic imine (C=N–C) groups is 2. The molecule has 0 saturated heterocycles. The van der Waals surface area contributed by atoms with E-state index >= 15 is 0 Å². The average molecular weight is 442 g/mol. The Morgan fingerprint density at radius 2 is 2.06 bits per heavy atom. The number of allylic oxidation sites excluding steroid dienone is 1. The predicted octanol–water partition coefficient (Wildman–Crippen LogP) is 5.65. The van der Waals surface area contributed by atoms with E-state index < -0.39 is 0 Å². The lowest BCUT2D eigenvalue weighted by atomic mass is 9.71. The van der Waals surface area contributed by atoms with Crippen LogP contribution < -0.4 is 5.32 Å². The maximum Gasteiger partial charge on any atom is 0.261 e. The Bertz CT molecular complexity index is 1040.